The van der Waals surface area contributed by atoms with E-state index in [0.29, 0.717) is 11.0 Å². The van der Waals surface area contributed by atoms with Gasteiger partial charge in [-0.25, -0.2) is 4.39 Å². The summed E-state index contributed by atoms with van der Waals surface area (Å²) >= 11 is 0. The van der Waals surface area contributed by atoms with Gasteiger partial charge in [-0.15, -0.1) is 0 Å². The van der Waals surface area contributed by atoms with E-state index in [-0.39, 0.29) is 11.7 Å². The molecule has 0 aliphatic heterocycles. The zero-order valence-corrected chi connectivity index (χ0v) is 14.1. The molecule has 2 nitrogen and oxygen atoms in total. The molecule has 4 aliphatic rings. The summed E-state index contributed by atoms with van der Waals surface area (Å²) < 4.78 is 13.5. The molecule has 0 radical (unpaired) electrons. The lowest BCUT2D eigenvalue weighted by molar-refractivity contribution is -0.116. The third-order valence-corrected chi connectivity index (χ3v) is 6.44. The molecule has 1 aromatic rings. The van der Waals surface area contributed by atoms with Crippen LogP contribution in [0.4, 0.5) is 4.39 Å². The summed E-state index contributed by atoms with van der Waals surface area (Å²) in [5, 5.41) is 3.00. The van der Waals surface area contributed by atoms with Crippen LogP contribution < -0.4 is 5.32 Å². The van der Waals surface area contributed by atoms with Crippen molar-refractivity contribution in [1.82, 2.24) is 5.32 Å². The van der Waals surface area contributed by atoms with E-state index in [1.54, 1.807) is 24.3 Å². The number of halogens is 1. The normalized spacial score (nSPS) is 34.0. The maximum atomic E-state index is 13.5. The second-order valence-electron chi connectivity index (χ2n) is 8.31. The Morgan fingerprint density at radius 3 is 2.38 bits per heavy atom. The van der Waals surface area contributed by atoms with Gasteiger partial charge in [0.05, 0.1) is 0 Å². The van der Waals surface area contributed by atoms with E-state index in [2.05, 4.69) is 5.32 Å². The van der Waals surface area contributed by atoms with E-state index >= 15 is 0 Å². The molecule has 128 valence electrons. The number of hydrogen-bond acceptors (Lipinski definition) is 1. The Kier molecular flexibility index (Phi) is 4.19. The van der Waals surface area contributed by atoms with Gasteiger partial charge in [0.1, 0.15) is 5.82 Å². The van der Waals surface area contributed by atoms with Crippen LogP contribution in [0.3, 0.4) is 0 Å². The number of nitrogens with one attached hydrogen (secondary N) is 1. The summed E-state index contributed by atoms with van der Waals surface area (Å²) in [6.45, 7) is 0.743. The van der Waals surface area contributed by atoms with Crippen LogP contribution in [0, 0.1) is 29.0 Å². The molecular formula is C21H26FNO. The maximum Gasteiger partial charge on any atom is 0.244 e. The Hall–Kier alpha value is -1.64. The first kappa shape index (κ1) is 15.9. The lowest BCUT2D eigenvalue weighted by Crippen LogP contribution is -2.47. The van der Waals surface area contributed by atoms with Crippen LogP contribution in [0.2, 0.25) is 0 Å². The van der Waals surface area contributed by atoms with Gasteiger partial charge < -0.3 is 5.32 Å². The first-order valence-electron chi connectivity index (χ1n) is 9.32. The van der Waals surface area contributed by atoms with Crippen molar-refractivity contribution in [2.24, 2.45) is 23.2 Å². The third kappa shape index (κ3) is 3.26. The SMILES string of the molecule is O=C(C=Cc1ccccc1F)NCCC12CC3CC(CC(C3)C1)C2. The van der Waals surface area contributed by atoms with Crippen molar-refractivity contribution < 1.29 is 9.18 Å². The third-order valence-electron chi connectivity index (χ3n) is 6.44. The van der Waals surface area contributed by atoms with Crippen LogP contribution in [0.5, 0.6) is 0 Å². The van der Waals surface area contributed by atoms with E-state index in [9.17, 15) is 9.18 Å². The molecule has 24 heavy (non-hydrogen) atoms. The minimum absolute atomic E-state index is 0.122. The highest BCUT2D eigenvalue weighted by Crippen LogP contribution is 2.61. The van der Waals surface area contributed by atoms with Crippen LogP contribution >= 0.6 is 0 Å². The summed E-state index contributed by atoms with van der Waals surface area (Å²) in [5.74, 6) is 2.44. The number of amides is 1. The molecule has 4 aliphatic carbocycles. The van der Waals surface area contributed by atoms with Crippen molar-refractivity contribution in [3.63, 3.8) is 0 Å². The van der Waals surface area contributed by atoms with Crippen LogP contribution in [0.1, 0.15) is 50.5 Å². The van der Waals surface area contributed by atoms with Crippen molar-refractivity contribution in [3.05, 3.63) is 41.7 Å². The van der Waals surface area contributed by atoms with Crippen LogP contribution in [0.25, 0.3) is 6.08 Å². The van der Waals surface area contributed by atoms with Gasteiger partial charge in [0, 0.05) is 18.2 Å². The molecule has 4 saturated carbocycles. The quantitative estimate of drug-likeness (QED) is 0.789. The molecule has 3 heteroatoms. The standard InChI is InChI=1S/C21H26FNO/c22-19-4-2-1-3-18(19)5-6-20(24)23-8-7-21-12-15-9-16(13-21)11-17(10-15)14-21/h1-6,15-17H,7-14H2,(H,23,24). The Balaban J connectivity index is 1.28. The Labute approximate surface area is 143 Å². The van der Waals surface area contributed by atoms with Gasteiger partial charge in [0.15, 0.2) is 0 Å². The molecule has 0 unspecified atom stereocenters. The molecule has 4 fully saturated rings. The van der Waals surface area contributed by atoms with Gasteiger partial charge in [-0.1, -0.05) is 18.2 Å². The van der Waals surface area contributed by atoms with E-state index in [0.717, 1.165) is 30.7 Å². The summed E-state index contributed by atoms with van der Waals surface area (Å²) in [5.41, 5.74) is 0.950. The minimum Gasteiger partial charge on any atom is -0.353 e. The molecular weight excluding hydrogens is 301 g/mol. The fourth-order valence-corrected chi connectivity index (χ4v) is 5.88. The zero-order valence-electron chi connectivity index (χ0n) is 14.1. The maximum absolute atomic E-state index is 13.5. The Bertz CT molecular complexity index is 616. The Morgan fingerprint density at radius 1 is 1.12 bits per heavy atom. The van der Waals surface area contributed by atoms with Gasteiger partial charge in [-0.3, -0.25) is 4.79 Å². The van der Waals surface area contributed by atoms with Gasteiger partial charge in [-0.05, 0) is 80.3 Å². The fraction of sp³-hybridized carbons (Fsp3) is 0.571. The molecule has 5 rings (SSSR count). The Morgan fingerprint density at radius 2 is 1.75 bits per heavy atom. The highest BCUT2D eigenvalue weighted by Gasteiger charge is 2.50. The predicted molar refractivity (Wildman–Crippen MR) is 93.7 cm³/mol. The number of rotatable bonds is 5. The van der Waals surface area contributed by atoms with Crippen LogP contribution in [-0.2, 0) is 4.79 Å². The van der Waals surface area contributed by atoms with Crippen molar-refractivity contribution in [1.29, 1.82) is 0 Å². The number of hydrogen-bond donors (Lipinski definition) is 1. The van der Waals surface area contributed by atoms with Crippen molar-refractivity contribution >= 4 is 12.0 Å². The van der Waals surface area contributed by atoms with E-state index in [4.69, 9.17) is 0 Å². The van der Waals surface area contributed by atoms with Crippen LogP contribution in [0.15, 0.2) is 30.3 Å². The summed E-state index contributed by atoms with van der Waals surface area (Å²) in [7, 11) is 0. The van der Waals surface area contributed by atoms with Crippen molar-refractivity contribution in [2.75, 3.05) is 6.54 Å². The average molecular weight is 327 g/mol. The molecule has 1 amide bonds. The van der Waals surface area contributed by atoms with Crippen molar-refractivity contribution in [2.45, 2.75) is 44.9 Å². The lowest BCUT2D eigenvalue weighted by Gasteiger charge is -2.57. The molecule has 0 saturated heterocycles. The number of benzene rings is 1. The van der Waals surface area contributed by atoms with Gasteiger partial charge in [0.25, 0.3) is 0 Å². The lowest BCUT2D eigenvalue weighted by atomic mass is 9.49. The largest absolute Gasteiger partial charge is 0.353 e. The predicted octanol–water partition coefficient (Wildman–Crippen LogP) is 4.56. The minimum atomic E-state index is -0.296. The summed E-state index contributed by atoms with van der Waals surface area (Å²) in [6.07, 6.45) is 12.6. The first-order chi connectivity index (χ1) is 11.6. The van der Waals surface area contributed by atoms with E-state index in [1.807, 2.05) is 0 Å². The molecule has 4 bridgehead atoms. The average Bonchev–Trinajstić information content (AvgIpc) is 2.52. The van der Waals surface area contributed by atoms with Crippen LogP contribution in [-0.4, -0.2) is 12.5 Å². The molecule has 0 heterocycles. The highest BCUT2D eigenvalue weighted by molar-refractivity contribution is 5.91. The fourth-order valence-electron chi connectivity index (χ4n) is 5.88. The smallest absolute Gasteiger partial charge is 0.244 e. The second-order valence-corrected chi connectivity index (χ2v) is 8.31. The summed E-state index contributed by atoms with van der Waals surface area (Å²) in [4.78, 5) is 12.0. The van der Waals surface area contributed by atoms with Crippen molar-refractivity contribution in [3.8, 4) is 0 Å². The van der Waals surface area contributed by atoms with Gasteiger partial charge >= 0.3 is 0 Å². The molecule has 0 spiro atoms. The molecule has 0 aromatic heterocycles. The first-order valence-corrected chi connectivity index (χ1v) is 9.32. The van der Waals surface area contributed by atoms with Gasteiger partial charge in [-0.2, -0.15) is 0 Å². The second kappa shape index (κ2) is 6.34. The molecule has 1 aromatic carbocycles. The molecule has 1 N–H and O–H groups in total. The number of carbonyl (C=O) groups is 1. The zero-order chi connectivity index (χ0) is 16.6. The van der Waals surface area contributed by atoms with E-state index in [1.165, 1.54) is 50.7 Å². The topological polar surface area (TPSA) is 29.1 Å². The summed E-state index contributed by atoms with van der Waals surface area (Å²) in [6, 6.07) is 6.51. The number of carbonyl (C=O) groups excluding carboxylic acids is 1. The van der Waals surface area contributed by atoms with Gasteiger partial charge in [0.2, 0.25) is 5.91 Å². The monoisotopic (exact) mass is 327 g/mol. The molecule has 0 atom stereocenters. The van der Waals surface area contributed by atoms with E-state index < -0.39 is 0 Å². The highest BCUT2D eigenvalue weighted by atomic mass is 19.1.